The van der Waals surface area contributed by atoms with Crippen LogP contribution in [0, 0.1) is 0 Å². The molecule has 5 nitrogen and oxygen atoms in total. The highest BCUT2D eigenvalue weighted by molar-refractivity contribution is 5.98. The van der Waals surface area contributed by atoms with Gasteiger partial charge < -0.3 is 10.6 Å². The number of nitrogens with one attached hydrogen (secondary N) is 2. The summed E-state index contributed by atoms with van der Waals surface area (Å²) in [6, 6.07) is 3.13. The van der Waals surface area contributed by atoms with Gasteiger partial charge in [0.2, 0.25) is 0 Å². The first kappa shape index (κ1) is 15.1. The summed E-state index contributed by atoms with van der Waals surface area (Å²) < 4.78 is 0. The molecule has 2 N–H and O–H groups in total. The Labute approximate surface area is 113 Å². The summed E-state index contributed by atoms with van der Waals surface area (Å²) >= 11 is 0. The van der Waals surface area contributed by atoms with Gasteiger partial charge in [-0.25, -0.2) is 0 Å². The van der Waals surface area contributed by atoms with Crippen molar-refractivity contribution in [3.8, 4) is 0 Å². The lowest BCUT2D eigenvalue weighted by Gasteiger charge is -2.06. The Balaban J connectivity index is 2.65. The van der Waals surface area contributed by atoms with Gasteiger partial charge in [0.1, 0.15) is 5.69 Å². The maximum Gasteiger partial charge on any atom is 0.269 e. The third-order valence-electron chi connectivity index (χ3n) is 2.61. The summed E-state index contributed by atoms with van der Waals surface area (Å²) in [6.45, 7) is 5.29. The minimum Gasteiger partial charge on any atom is -0.352 e. The number of unbranched alkanes of at least 4 members (excludes halogenated alkanes) is 1. The number of rotatable bonds is 7. The van der Waals surface area contributed by atoms with Gasteiger partial charge in [-0.05, 0) is 25.0 Å². The highest BCUT2D eigenvalue weighted by atomic mass is 16.2. The molecule has 104 valence electrons. The van der Waals surface area contributed by atoms with E-state index in [-0.39, 0.29) is 17.5 Å². The van der Waals surface area contributed by atoms with Crippen molar-refractivity contribution in [1.82, 2.24) is 15.6 Å². The van der Waals surface area contributed by atoms with Crippen molar-refractivity contribution in [2.24, 2.45) is 0 Å². The van der Waals surface area contributed by atoms with Crippen LogP contribution in [0.5, 0.6) is 0 Å². The van der Waals surface area contributed by atoms with E-state index in [0.717, 1.165) is 19.3 Å². The van der Waals surface area contributed by atoms with Crippen LogP contribution in [0.25, 0.3) is 0 Å². The van der Waals surface area contributed by atoms with Crippen LogP contribution in [0.1, 0.15) is 54.0 Å². The third-order valence-corrected chi connectivity index (χ3v) is 2.61. The molecule has 0 bridgehead atoms. The monoisotopic (exact) mass is 263 g/mol. The zero-order chi connectivity index (χ0) is 14.1. The summed E-state index contributed by atoms with van der Waals surface area (Å²) in [6.07, 6.45) is 4.32. The molecule has 0 aliphatic carbocycles. The molecule has 2 amide bonds. The van der Waals surface area contributed by atoms with E-state index >= 15 is 0 Å². The Bertz CT molecular complexity index is 432. The largest absolute Gasteiger partial charge is 0.352 e. The minimum absolute atomic E-state index is 0.166. The fraction of sp³-hybridized carbons (Fsp3) is 0.500. The topological polar surface area (TPSA) is 71.1 Å². The van der Waals surface area contributed by atoms with E-state index in [1.807, 2.05) is 6.92 Å². The molecule has 19 heavy (non-hydrogen) atoms. The van der Waals surface area contributed by atoms with Crippen molar-refractivity contribution in [2.75, 3.05) is 13.1 Å². The molecule has 0 atom stereocenters. The second-order valence-electron chi connectivity index (χ2n) is 4.30. The maximum absolute atomic E-state index is 11.8. The highest BCUT2D eigenvalue weighted by Crippen LogP contribution is 2.02. The molecule has 5 heteroatoms. The second-order valence-corrected chi connectivity index (χ2v) is 4.30. The number of pyridine rings is 1. The molecule has 0 aliphatic heterocycles. The number of nitrogens with zero attached hydrogens (tertiary/aromatic N) is 1. The third kappa shape index (κ3) is 5.07. The average Bonchev–Trinajstić information content (AvgIpc) is 2.45. The highest BCUT2D eigenvalue weighted by Gasteiger charge is 2.10. The molecule has 0 saturated heterocycles. The quantitative estimate of drug-likeness (QED) is 0.736. The van der Waals surface area contributed by atoms with Crippen LogP contribution in [0.4, 0.5) is 0 Å². The Hall–Kier alpha value is -1.91. The van der Waals surface area contributed by atoms with Gasteiger partial charge in [0.05, 0.1) is 0 Å². The molecule has 0 spiro atoms. The maximum atomic E-state index is 11.8. The molecular formula is C14H21N3O2. The first-order chi connectivity index (χ1) is 9.19. The van der Waals surface area contributed by atoms with E-state index in [1.165, 1.54) is 12.3 Å². The lowest BCUT2D eigenvalue weighted by Crippen LogP contribution is -2.27. The molecule has 0 aliphatic rings. The normalized spacial score (nSPS) is 10.0. The van der Waals surface area contributed by atoms with Crippen LogP contribution >= 0.6 is 0 Å². The van der Waals surface area contributed by atoms with Crippen LogP contribution < -0.4 is 10.6 Å². The molecule has 1 aromatic rings. The first-order valence-electron chi connectivity index (χ1n) is 6.71. The summed E-state index contributed by atoms with van der Waals surface area (Å²) in [7, 11) is 0. The average molecular weight is 263 g/mol. The van der Waals surface area contributed by atoms with Gasteiger partial charge in [-0.1, -0.05) is 20.3 Å². The van der Waals surface area contributed by atoms with Crippen LogP contribution in [0.2, 0.25) is 0 Å². The van der Waals surface area contributed by atoms with Crippen molar-refractivity contribution in [2.45, 2.75) is 33.1 Å². The van der Waals surface area contributed by atoms with Crippen molar-refractivity contribution < 1.29 is 9.59 Å². The van der Waals surface area contributed by atoms with E-state index in [9.17, 15) is 9.59 Å². The van der Waals surface area contributed by atoms with Crippen molar-refractivity contribution in [1.29, 1.82) is 0 Å². The summed E-state index contributed by atoms with van der Waals surface area (Å²) in [4.78, 5) is 27.6. The zero-order valence-corrected chi connectivity index (χ0v) is 11.5. The lowest BCUT2D eigenvalue weighted by atomic mass is 10.2. The number of carbonyl (C=O) groups excluding carboxylic acids is 2. The summed E-state index contributed by atoms with van der Waals surface area (Å²) in [5, 5.41) is 5.54. The van der Waals surface area contributed by atoms with Crippen molar-refractivity contribution >= 4 is 11.8 Å². The Morgan fingerprint density at radius 2 is 1.84 bits per heavy atom. The number of aromatic nitrogens is 1. The molecule has 0 radical (unpaired) electrons. The van der Waals surface area contributed by atoms with Gasteiger partial charge >= 0.3 is 0 Å². The molecule has 0 fully saturated rings. The molecule has 1 heterocycles. The number of hydrogen-bond donors (Lipinski definition) is 2. The second kappa shape index (κ2) is 8.24. The van der Waals surface area contributed by atoms with E-state index in [0.29, 0.717) is 18.7 Å². The Kier molecular flexibility index (Phi) is 6.57. The predicted molar refractivity (Wildman–Crippen MR) is 74.1 cm³/mol. The molecule has 1 rings (SSSR count). The van der Waals surface area contributed by atoms with E-state index in [1.54, 1.807) is 6.07 Å². The van der Waals surface area contributed by atoms with E-state index < -0.39 is 0 Å². The smallest absolute Gasteiger partial charge is 0.269 e. The van der Waals surface area contributed by atoms with Gasteiger partial charge in [-0.3, -0.25) is 14.6 Å². The van der Waals surface area contributed by atoms with E-state index in [4.69, 9.17) is 0 Å². The minimum atomic E-state index is -0.245. The molecule has 1 aromatic heterocycles. The SMILES string of the molecule is CCCCNC(=O)c1ccnc(C(=O)NCCC)c1. The Morgan fingerprint density at radius 1 is 1.11 bits per heavy atom. The lowest BCUT2D eigenvalue weighted by molar-refractivity contribution is 0.0948. The first-order valence-corrected chi connectivity index (χ1v) is 6.71. The van der Waals surface area contributed by atoms with Crippen molar-refractivity contribution in [3.05, 3.63) is 29.6 Å². The number of carbonyl (C=O) groups is 2. The van der Waals surface area contributed by atoms with Gasteiger partial charge in [0.25, 0.3) is 11.8 Å². The van der Waals surface area contributed by atoms with Gasteiger partial charge in [0, 0.05) is 24.8 Å². The van der Waals surface area contributed by atoms with E-state index in [2.05, 4.69) is 22.5 Å². The van der Waals surface area contributed by atoms with Gasteiger partial charge in [0.15, 0.2) is 0 Å². The number of hydrogen-bond acceptors (Lipinski definition) is 3. The van der Waals surface area contributed by atoms with Gasteiger partial charge in [-0.15, -0.1) is 0 Å². The molecular weight excluding hydrogens is 242 g/mol. The summed E-state index contributed by atoms with van der Waals surface area (Å²) in [5.41, 5.74) is 0.740. The van der Waals surface area contributed by atoms with Crippen LogP contribution in [0.15, 0.2) is 18.3 Å². The predicted octanol–water partition coefficient (Wildman–Crippen LogP) is 1.75. The van der Waals surface area contributed by atoms with Gasteiger partial charge in [-0.2, -0.15) is 0 Å². The summed E-state index contributed by atoms with van der Waals surface area (Å²) in [5.74, 6) is -0.412. The van der Waals surface area contributed by atoms with Crippen LogP contribution in [-0.4, -0.2) is 29.9 Å². The fourth-order valence-corrected chi connectivity index (χ4v) is 1.51. The number of amides is 2. The molecule has 0 saturated carbocycles. The van der Waals surface area contributed by atoms with Crippen LogP contribution in [0.3, 0.4) is 0 Å². The standard InChI is InChI=1S/C14H21N3O2/c1-3-5-8-17-13(18)11-6-9-15-12(10-11)14(19)16-7-4-2/h6,9-10H,3-5,7-8H2,1-2H3,(H,16,19)(H,17,18). The molecule has 0 aromatic carbocycles. The Morgan fingerprint density at radius 3 is 2.53 bits per heavy atom. The van der Waals surface area contributed by atoms with Crippen molar-refractivity contribution in [3.63, 3.8) is 0 Å². The molecule has 0 unspecified atom stereocenters. The zero-order valence-electron chi connectivity index (χ0n) is 11.5. The fourth-order valence-electron chi connectivity index (χ4n) is 1.51. The van der Waals surface area contributed by atoms with Crippen LogP contribution in [-0.2, 0) is 0 Å².